The fourth-order valence-corrected chi connectivity index (χ4v) is 3.08. The van der Waals surface area contributed by atoms with E-state index in [-0.39, 0.29) is 40.4 Å². The first kappa shape index (κ1) is 17.8. The zero-order chi connectivity index (χ0) is 20.1. The van der Waals surface area contributed by atoms with Gasteiger partial charge in [-0.1, -0.05) is 0 Å². The number of carbonyl (C=O) groups excluding carboxylic acids is 1. The molecule has 0 spiro atoms. The van der Waals surface area contributed by atoms with Gasteiger partial charge in [0.05, 0.1) is 24.1 Å². The van der Waals surface area contributed by atoms with E-state index < -0.39 is 11.9 Å². The number of benzene rings is 1. The van der Waals surface area contributed by atoms with E-state index in [4.69, 9.17) is 11.0 Å². The molecule has 0 unspecified atom stereocenters. The highest BCUT2D eigenvalue weighted by molar-refractivity contribution is 6.00. The minimum absolute atomic E-state index is 0.127. The molecule has 7 nitrogen and oxygen atoms in total. The summed E-state index contributed by atoms with van der Waals surface area (Å²) in [5.74, 6) is -0.721. The molecule has 4 rings (SSSR count). The number of nitrogen functional groups attached to an aromatic ring is 1. The summed E-state index contributed by atoms with van der Waals surface area (Å²) in [7, 11) is 0. The second kappa shape index (κ2) is 6.23. The summed E-state index contributed by atoms with van der Waals surface area (Å²) in [6.45, 7) is 0. The molecular formula is C18H13F3N6O. The van der Waals surface area contributed by atoms with Gasteiger partial charge in [0.15, 0.2) is 0 Å². The zero-order valence-electron chi connectivity index (χ0n) is 14.2. The van der Waals surface area contributed by atoms with E-state index >= 15 is 0 Å². The molecule has 142 valence electrons. The highest BCUT2D eigenvalue weighted by Gasteiger charge is 2.43. The number of anilines is 2. The van der Waals surface area contributed by atoms with Crippen LogP contribution in [-0.2, 0) is 11.0 Å². The minimum atomic E-state index is -4.59. The van der Waals surface area contributed by atoms with Crippen molar-refractivity contribution < 1.29 is 18.0 Å². The van der Waals surface area contributed by atoms with Crippen molar-refractivity contribution in [1.82, 2.24) is 15.2 Å². The van der Waals surface area contributed by atoms with E-state index in [1.54, 1.807) is 0 Å². The van der Waals surface area contributed by atoms with E-state index in [2.05, 4.69) is 15.4 Å². The summed E-state index contributed by atoms with van der Waals surface area (Å²) in [5, 5.41) is 18.0. The number of carbonyl (C=O) groups is 1. The Morgan fingerprint density at radius 2 is 2.11 bits per heavy atom. The number of halogens is 3. The molecule has 0 aliphatic heterocycles. The Balaban J connectivity index is 1.71. The maximum absolute atomic E-state index is 13.1. The number of alkyl halides is 3. The van der Waals surface area contributed by atoms with Gasteiger partial charge in [0.1, 0.15) is 11.5 Å². The fraction of sp³-hybridized carbons (Fsp3) is 0.222. The van der Waals surface area contributed by atoms with Crippen molar-refractivity contribution in [3.63, 3.8) is 0 Å². The van der Waals surface area contributed by atoms with Crippen LogP contribution in [0.5, 0.6) is 0 Å². The van der Waals surface area contributed by atoms with Crippen LogP contribution in [-0.4, -0.2) is 21.1 Å². The molecule has 1 amide bonds. The molecule has 1 aliphatic carbocycles. The molecule has 1 saturated carbocycles. The normalized spacial score (nSPS) is 18.6. The van der Waals surface area contributed by atoms with Crippen molar-refractivity contribution in [3.05, 3.63) is 36.3 Å². The summed E-state index contributed by atoms with van der Waals surface area (Å²) < 4.78 is 39.4. The van der Waals surface area contributed by atoms with E-state index in [0.29, 0.717) is 17.2 Å². The Bertz CT molecular complexity index is 1130. The number of nitrogens with two attached hydrogens (primary N) is 1. The molecule has 0 saturated heterocycles. The molecule has 3 aromatic rings. The van der Waals surface area contributed by atoms with Crippen LogP contribution in [0.3, 0.4) is 0 Å². The number of rotatable bonds is 3. The van der Waals surface area contributed by atoms with Crippen molar-refractivity contribution in [1.29, 1.82) is 5.26 Å². The number of nitrogens with one attached hydrogen (secondary N) is 2. The van der Waals surface area contributed by atoms with Gasteiger partial charge in [-0.15, -0.1) is 0 Å². The van der Waals surface area contributed by atoms with Crippen LogP contribution in [0.1, 0.15) is 12.1 Å². The van der Waals surface area contributed by atoms with E-state index in [1.165, 1.54) is 24.4 Å². The van der Waals surface area contributed by atoms with Gasteiger partial charge in [0, 0.05) is 22.8 Å². The van der Waals surface area contributed by atoms with Gasteiger partial charge in [-0.3, -0.25) is 9.89 Å². The molecule has 10 heteroatoms. The Labute approximate surface area is 156 Å². The summed E-state index contributed by atoms with van der Waals surface area (Å²) in [6, 6.07) is 6.51. The third kappa shape index (κ3) is 3.11. The van der Waals surface area contributed by atoms with E-state index in [9.17, 15) is 18.0 Å². The highest BCUT2D eigenvalue weighted by Crippen LogP contribution is 2.39. The number of pyridine rings is 1. The van der Waals surface area contributed by atoms with Crippen LogP contribution in [0.25, 0.3) is 21.9 Å². The van der Waals surface area contributed by atoms with Crippen molar-refractivity contribution in [2.75, 3.05) is 11.1 Å². The molecule has 2 aromatic heterocycles. The van der Waals surface area contributed by atoms with Crippen LogP contribution in [0, 0.1) is 23.2 Å². The number of hydrogen-bond donors (Lipinski definition) is 3. The topological polar surface area (TPSA) is 120 Å². The molecule has 0 bridgehead atoms. The van der Waals surface area contributed by atoms with Crippen LogP contribution in [0.2, 0.25) is 0 Å². The third-order valence-corrected chi connectivity index (χ3v) is 4.65. The first-order valence-electron chi connectivity index (χ1n) is 8.28. The smallest absolute Gasteiger partial charge is 0.398 e. The van der Waals surface area contributed by atoms with Gasteiger partial charge in [-0.05, 0) is 35.6 Å². The predicted octanol–water partition coefficient (Wildman–Crippen LogP) is 3.32. The quantitative estimate of drug-likeness (QED) is 0.596. The molecule has 28 heavy (non-hydrogen) atoms. The number of nitrogens with zero attached hydrogens (tertiary/aromatic N) is 3. The molecule has 0 radical (unpaired) electrons. The first-order valence-corrected chi connectivity index (χ1v) is 8.28. The van der Waals surface area contributed by atoms with Crippen LogP contribution >= 0.6 is 0 Å². The van der Waals surface area contributed by atoms with Crippen molar-refractivity contribution in [2.24, 2.45) is 11.8 Å². The zero-order valence-corrected chi connectivity index (χ0v) is 14.2. The third-order valence-electron chi connectivity index (χ3n) is 4.65. The number of aromatic nitrogens is 3. The van der Waals surface area contributed by atoms with Crippen LogP contribution < -0.4 is 11.1 Å². The summed E-state index contributed by atoms with van der Waals surface area (Å²) in [5.41, 5.74) is 5.39. The van der Waals surface area contributed by atoms with E-state index in [1.807, 2.05) is 11.2 Å². The van der Waals surface area contributed by atoms with Gasteiger partial charge < -0.3 is 11.1 Å². The Morgan fingerprint density at radius 3 is 2.79 bits per heavy atom. The molecule has 2 heterocycles. The molecular weight excluding hydrogens is 373 g/mol. The second-order valence-corrected chi connectivity index (χ2v) is 6.58. The average molecular weight is 386 g/mol. The number of hydrogen-bond acceptors (Lipinski definition) is 5. The molecule has 1 aliphatic rings. The van der Waals surface area contributed by atoms with E-state index in [0.717, 1.165) is 6.20 Å². The molecule has 2 atom stereocenters. The van der Waals surface area contributed by atoms with Gasteiger partial charge >= 0.3 is 6.18 Å². The van der Waals surface area contributed by atoms with Crippen LogP contribution in [0.15, 0.2) is 30.6 Å². The lowest BCUT2D eigenvalue weighted by atomic mass is 10.0. The molecule has 1 aromatic carbocycles. The largest absolute Gasteiger partial charge is 0.433 e. The maximum Gasteiger partial charge on any atom is 0.433 e. The van der Waals surface area contributed by atoms with Crippen molar-refractivity contribution >= 4 is 28.2 Å². The van der Waals surface area contributed by atoms with Crippen molar-refractivity contribution in [3.8, 4) is 17.2 Å². The fourth-order valence-electron chi connectivity index (χ4n) is 3.08. The van der Waals surface area contributed by atoms with Crippen LogP contribution in [0.4, 0.5) is 24.7 Å². The Hall–Kier alpha value is -3.61. The first-order chi connectivity index (χ1) is 13.3. The number of aromatic amines is 1. The Kier molecular flexibility index (Phi) is 3.96. The summed E-state index contributed by atoms with van der Waals surface area (Å²) in [6.07, 6.45) is -1.55. The number of H-pyrrole nitrogens is 1. The minimum Gasteiger partial charge on any atom is -0.398 e. The number of amides is 1. The lowest BCUT2D eigenvalue weighted by molar-refractivity contribution is -0.140. The predicted molar refractivity (Wildman–Crippen MR) is 94.6 cm³/mol. The van der Waals surface area contributed by atoms with Gasteiger partial charge in [-0.25, -0.2) is 4.98 Å². The van der Waals surface area contributed by atoms with Crippen molar-refractivity contribution in [2.45, 2.75) is 12.6 Å². The molecule has 1 fully saturated rings. The standard InChI is InChI=1S/C18H13F3N6O/c19-18(20,21)16-13(7-25-27-16)8-1-9-4-15(24-6-12(9)14(23)3-8)26-17(28)11-2-10(11)5-22/h1,3-4,6-7,10-11H,2,23H2,(H,25,27)(H,24,26,28)/t10-,11+/m0/s1. The number of fused-ring (bicyclic) bond motifs is 1. The maximum atomic E-state index is 13.1. The summed E-state index contributed by atoms with van der Waals surface area (Å²) >= 11 is 0. The Morgan fingerprint density at radius 1 is 1.32 bits per heavy atom. The SMILES string of the molecule is N#C[C@@H]1C[C@H]1C(=O)Nc1cc2cc(-c3cn[nH]c3C(F)(F)F)cc(N)c2cn1. The monoisotopic (exact) mass is 386 g/mol. The second-order valence-electron chi connectivity index (χ2n) is 6.58. The summed E-state index contributed by atoms with van der Waals surface area (Å²) in [4.78, 5) is 16.2. The lowest BCUT2D eigenvalue weighted by Gasteiger charge is -2.11. The highest BCUT2D eigenvalue weighted by atomic mass is 19.4. The number of nitriles is 1. The lowest BCUT2D eigenvalue weighted by Crippen LogP contribution is -2.15. The van der Waals surface area contributed by atoms with Gasteiger partial charge in [0.2, 0.25) is 5.91 Å². The van der Waals surface area contributed by atoms with Gasteiger partial charge in [0.25, 0.3) is 0 Å². The molecule has 4 N–H and O–H groups in total. The van der Waals surface area contributed by atoms with Gasteiger partial charge in [-0.2, -0.15) is 23.5 Å². The average Bonchev–Trinajstić information content (AvgIpc) is 3.25.